The quantitative estimate of drug-likeness (QED) is 0.758. The fourth-order valence-corrected chi connectivity index (χ4v) is 1.85. The fourth-order valence-electron chi connectivity index (χ4n) is 1.85. The Morgan fingerprint density at radius 2 is 1.67 bits per heavy atom. The molecule has 0 atom stereocenters. The van der Waals surface area contributed by atoms with Gasteiger partial charge in [0.1, 0.15) is 5.75 Å². The van der Waals surface area contributed by atoms with Crippen LogP contribution >= 0.6 is 0 Å². The molecule has 0 aliphatic heterocycles. The first-order valence-corrected chi connectivity index (χ1v) is 6.44. The van der Waals surface area contributed by atoms with Crippen LogP contribution < -0.4 is 10.6 Å². The van der Waals surface area contributed by atoms with E-state index in [0.29, 0.717) is 16.9 Å². The van der Waals surface area contributed by atoms with Crippen LogP contribution in [0.3, 0.4) is 0 Å². The standard InChI is InChI=1S/C16H16N2O3/c1-10-3-8-14(15(20)9-10)18-16(21)12-4-6-13(7-5-12)17-11(2)19/h3-9,20H,1-2H3,(H,17,19)(H,18,21). The molecule has 0 aliphatic rings. The molecule has 5 heteroatoms. The van der Waals surface area contributed by atoms with E-state index < -0.39 is 0 Å². The summed E-state index contributed by atoms with van der Waals surface area (Å²) in [5, 5.41) is 15.0. The lowest BCUT2D eigenvalue weighted by Crippen LogP contribution is -2.12. The molecule has 0 fully saturated rings. The minimum Gasteiger partial charge on any atom is -0.506 e. The van der Waals surface area contributed by atoms with E-state index in [1.807, 2.05) is 6.92 Å². The van der Waals surface area contributed by atoms with E-state index in [9.17, 15) is 14.7 Å². The number of benzene rings is 2. The molecule has 21 heavy (non-hydrogen) atoms. The van der Waals surface area contributed by atoms with E-state index in [4.69, 9.17) is 0 Å². The first-order valence-electron chi connectivity index (χ1n) is 6.44. The van der Waals surface area contributed by atoms with Crippen LogP contribution in [0, 0.1) is 6.92 Å². The number of carbonyl (C=O) groups excluding carboxylic acids is 2. The molecule has 0 heterocycles. The van der Waals surface area contributed by atoms with Gasteiger partial charge in [-0.15, -0.1) is 0 Å². The highest BCUT2D eigenvalue weighted by molar-refractivity contribution is 6.05. The number of hydrogen-bond donors (Lipinski definition) is 3. The lowest BCUT2D eigenvalue weighted by atomic mass is 10.1. The van der Waals surface area contributed by atoms with Crippen LogP contribution in [0.2, 0.25) is 0 Å². The summed E-state index contributed by atoms with van der Waals surface area (Å²) in [5.74, 6) is -0.474. The second-order valence-corrected chi connectivity index (χ2v) is 4.73. The Morgan fingerprint density at radius 3 is 2.24 bits per heavy atom. The number of amides is 2. The van der Waals surface area contributed by atoms with E-state index >= 15 is 0 Å². The van der Waals surface area contributed by atoms with Crippen molar-refractivity contribution in [3.8, 4) is 5.75 Å². The number of phenolic OH excluding ortho intramolecular Hbond substituents is 1. The molecule has 2 aromatic rings. The minimum absolute atomic E-state index is 0.0261. The second kappa shape index (κ2) is 6.09. The first kappa shape index (κ1) is 14.6. The molecule has 108 valence electrons. The van der Waals surface area contributed by atoms with Crippen molar-refractivity contribution in [1.82, 2.24) is 0 Å². The maximum Gasteiger partial charge on any atom is 0.255 e. The molecule has 0 spiro atoms. The summed E-state index contributed by atoms with van der Waals surface area (Å²) in [6.07, 6.45) is 0. The highest BCUT2D eigenvalue weighted by atomic mass is 16.3. The zero-order chi connectivity index (χ0) is 15.4. The molecule has 5 nitrogen and oxygen atoms in total. The highest BCUT2D eigenvalue weighted by Crippen LogP contribution is 2.24. The van der Waals surface area contributed by atoms with Gasteiger partial charge in [0, 0.05) is 18.2 Å². The van der Waals surface area contributed by atoms with Gasteiger partial charge in [0.25, 0.3) is 5.91 Å². The van der Waals surface area contributed by atoms with Crippen molar-refractivity contribution in [3.63, 3.8) is 0 Å². The molecule has 0 aromatic heterocycles. The van der Waals surface area contributed by atoms with Crippen LogP contribution in [0.15, 0.2) is 42.5 Å². The van der Waals surface area contributed by atoms with Crippen molar-refractivity contribution in [3.05, 3.63) is 53.6 Å². The van der Waals surface area contributed by atoms with Crippen LogP contribution in [0.5, 0.6) is 5.75 Å². The van der Waals surface area contributed by atoms with Crippen molar-refractivity contribution in [2.45, 2.75) is 13.8 Å². The maximum absolute atomic E-state index is 12.1. The van der Waals surface area contributed by atoms with Crippen molar-refractivity contribution in [1.29, 1.82) is 0 Å². The van der Waals surface area contributed by atoms with Gasteiger partial charge in [-0.1, -0.05) is 6.07 Å². The van der Waals surface area contributed by atoms with Crippen molar-refractivity contribution >= 4 is 23.2 Å². The molecular weight excluding hydrogens is 268 g/mol. The van der Waals surface area contributed by atoms with Gasteiger partial charge in [-0.05, 0) is 48.9 Å². The van der Waals surface area contributed by atoms with Gasteiger partial charge in [0.05, 0.1) is 5.69 Å². The van der Waals surface area contributed by atoms with Crippen molar-refractivity contribution < 1.29 is 14.7 Å². The number of rotatable bonds is 3. The normalized spacial score (nSPS) is 10.0. The topological polar surface area (TPSA) is 78.4 Å². The zero-order valence-electron chi connectivity index (χ0n) is 11.8. The minimum atomic E-state index is -0.330. The van der Waals surface area contributed by atoms with E-state index in [1.54, 1.807) is 42.5 Å². The first-order chi connectivity index (χ1) is 9.95. The summed E-state index contributed by atoms with van der Waals surface area (Å²) in [7, 11) is 0. The van der Waals surface area contributed by atoms with Gasteiger partial charge < -0.3 is 15.7 Å². The average molecular weight is 284 g/mol. The molecule has 0 saturated heterocycles. The maximum atomic E-state index is 12.1. The monoisotopic (exact) mass is 284 g/mol. The largest absolute Gasteiger partial charge is 0.506 e. The van der Waals surface area contributed by atoms with Gasteiger partial charge in [-0.2, -0.15) is 0 Å². The molecule has 2 amide bonds. The molecule has 0 radical (unpaired) electrons. The Labute approximate surface area is 122 Å². The predicted octanol–water partition coefficient (Wildman–Crippen LogP) is 2.91. The van der Waals surface area contributed by atoms with Gasteiger partial charge in [0.2, 0.25) is 5.91 Å². The third-order valence-corrected chi connectivity index (χ3v) is 2.87. The predicted molar refractivity (Wildman–Crippen MR) is 81.5 cm³/mol. The van der Waals surface area contributed by atoms with Crippen LogP contribution in [0.1, 0.15) is 22.8 Å². The molecule has 3 N–H and O–H groups in total. The third kappa shape index (κ3) is 3.82. The number of aromatic hydroxyl groups is 1. The molecular formula is C16H16N2O3. The Kier molecular flexibility index (Phi) is 4.23. The second-order valence-electron chi connectivity index (χ2n) is 4.73. The lowest BCUT2D eigenvalue weighted by molar-refractivity contribution is -0.114. The van der Waals surface area contributed by atoms with Crippen LogP contribution in [-0.4, -0.2) is 16.9 Å². The summed E-state index contributed by atoms with van der Waals surface area (Å²) < 4.78 is 0. The fraction of sp³-hybridized carbons (Fsp3) is 0.125. The number of phenols is 1. The number of carbonyl (C=O) groups is 2. The lowest BCUT2D eigenvalue weighted by Gasteiger charge is -2.08. The van der Waals surface area contributed by atoms with E-state index in [1.165, 1.54) is 6.92 Å². The summed E-state index contributed by atoms with van der Waals surface area (Å²) in [5.41, 5.74) is 2.32. The highest BCUT2D eigenvalue weighted by Gasteiger charge is 2.09. The zero-order valence-corrected chi connectivity index (χ0v) is 11.8. The van der Waals surface area contributed by atoms with Crippen LogP contribution in [0.4, 0.5) is 11.4 Å². The summed E-state index contributed by atoms with van der Waals surface area (Å²) in [6.45, 7) is 3.27. The summed E-state index contributed by atoms with van der Waals surface area (Å²) >= 11 is 0. The van der Waals surface area contributed by atoms with E-state index in [-0.39, 0.29) is 17.6 Å². The molecule has 0 aliphatic carbocycles. The Morgan fingerprint density at radius 1 is 1.00 bits per heavy atom. The van der Waals surface area contributed by atoms with Crippen LogP contribution in [-0.2, 0) is 4.79 Å². The summed E-state index contributed by atoms with van der Waals surface area (Å²) in [6, 6.07) is 11.5. The molecule has 0 bridgehead atoms. The van der Waals surface area contributed by atoms with Crippen LogP contribution in [0.25, 0.3) is 0 Å². The number of hydrogen-bond acceptors (Lipinski definition) is 3. The SMILES string of the molecule is CC(=O)Nc1ccc(C(=O)Nc2ccc(C)cc2O)cc1. The van der Waals surface area contributed by atoms with Crippen molar-refractivity contribution in [2.24, 2.45) is 0 Å². The van der Waals surface area contributed by atoms with E-state index in [2.05, 4.69) is 10.6 Å². The molecule has 0 saturated carbocycles. The van der Waals surface area contributed by atoms with E-state index in [0.717, 1.165) is 5.56 Å². The van der Waals surface area contributed by atoms with Gasteiger partial charge >= 0.3 is 0 Å². The number of anilines is 2. The number of nitrogens with one attached hydrogen (secondary N) is 2. The van der Waals surface area contributed by atoms with Gasteiger partial charge in [-0.25, -0.2) is 0 Å². The van der Waals surface area contributed by atoms with Crippen molar-refractivity contribution in [2.75, 3.05) is 10.6 Å². The molecule has 2 aromatic carbocycles. The third-order valence-electron chi connectivity index (χ3n) is 2.87. The Bertz CT molecular complexity index is 678. The smallest absolute Gasteiger partial charge is 0.255 e. The van der Waals surface area contributed by atoms with Gasteiger partial charge in [0.15, 0.2) is 0 Å². The number of aryl methyl sites for hydroxylation is 1. The summed E-state index contributed by atoms with van der Waals surface area (Å²) in [4.78, 5) is 23.0. The van der Waals surface area contributed by atoms with Gasteiger partial charge in [-0.3, -0.25) is 9.59 Å². The Balaban J connectivity index is 2.11. The molecule has 0 unspecified atom stereocenters. The average Bonchev–Trinajstić information content (AvgIpc) is 2.42. The Hall–Kier alpha value is -2.82. The molecule has 2 rings (SSSR count).